The first-order valence-electron chi connectivity index (χ1n) is 42.2. The largest absolute Gasteiger partial charge is 0.462 e. The van der Waals surface area contributed by atoms with Crippen molar-refractivity contribution in [3.05, 3.63) is 247 Å². The van der Waals surface area contributed by atoms with Crippen molar-refractivity contribution in [2.75, 3.05) is 37.0 Å². The molecule has 3 saturated heterocycles. The molecule has 0 spiro atoms. The molecule has 9 heterocycles. The van der Waals surface area contributed by atoms with Gasteiger partial charge in [0.2, 0.25) is 0 Å². The first-order valence-corrected chi connectivity index (χ1v) is 46.8. The minimum absolute atomic E-state index is 0.0130. The zero-order valence-corrected chi connectivity index (χ0v) is 75.5. The lowest BCUT2D eigenvalue weighted by Crippen LogP contribution is -2.42. The molecule has 0 amide bonds. The number of para-hydroxylation sites is 2. The molecule has 3 unspecified atom stereocenters. The fraction of sp³-hybridized carbons (Fsp3) is 0.348. The van der Waals surface area contributed by atoms with Gasteiger partial charge in [-0.3, -0.25) is 41.7 Å². The number of rotatable bonds is 35. The maximum atomic E-state index is 15.2. The number of carbonyl (C=O) groups is 3. The van der Waals surface area contributed by atoms with E-state index < -0.39 is 134 Å². The zero-order valence-electron chi connectivity index (χ0n) is 72.8. The molecule has 0 aliphatic carbocycles. The van der Waals surface area contributed by atoms with Crippen molar-refractivity contribution in [1.82, 2.24) is 73.8 Å². The van der Waals surface area contributed by atoms with Crippen LogP contribution in [-0.4, -0.2) is 172 Å². The van der Waals surface area contributed by atoms with Crippen LogP contribution < -0.4 is 46.0 Å². The molecule has 0 saturated carbocycles. The van der Waals surface area contributed by atoms with Gasteiger partial charge in [-0.1, -0.05) is 178 Å². The molecular weight excluding hydrogens is 1750 g/mol. The molecule has 39 nitrogen and oxygen atoms in total. The minimum atomic E-state index is -4.47. The van der Waals surface area contributed by atoms with Gasteiger partial charge in [0.1, 0.15) is 138 Å². The molecule has 0 radical (unpaired) electrons. The van der Waals surface area contributed by atoms with E-state index in [1.165, 1.54) is 25.9 Å². The number of hydrogen-bond acceptors (Lipinski definition) is 33. The Balaban J connectivity index is 0.000000161. The maximum Gasteiger partial charge on any atom is 0.459 e. The van der Waals surface area contributed by atoms with Crippen LogP contribution in [0.25, 0.3) is 44.3 Å². The van der Waals surface area contributed by atoms with Crippen LogP contribution in [0.5, 0.6) is 17.2 Å². The Morgan fingerprint density at radius 2 is 0.809 bits per heavy atom. The van der Waals surface area contributed by atoms with Crippen molar-refractivity contribution in [3.63, 3.8) is 0 Å². The zero-order chi connectivity index (χ0) is 92.7. The average Bonchev–Trinajstić information content (AvgIpc) is 1.64. The van der Waals surface area contributed by atoms with Crippen molar-refractivity contribution in [2.45, 2.75) is 174 Å². The summed E-state index contributed by atoms with van der Waals surface area (Å²) < 4.78 is 120. The first-order chi connectivity index (χ1) is 63.0. The van der Waals surface area contributed by atoms with Crippen molar-refractivity contribution in [1.29, 1.82) is 0 Å². The third kappa shape index (κ3) is 24.0. The van der Waals surface area contributed by atoms with Gasteiger partial charge in [-0.2, -0.15) is 15.3 Å². The molecule has 690 valence electrons. The predicted molar refractivity (Wildman–Crippen MR) is 482 cm³/mol. The van der Waals surface area contributed by atoms with E-state index in [9.17, 15) is 38.8 Å². The molecule has 131 heavy (non-hydrogen) atoms. The number of anilines is 3. The number of hydrogen-bond donors (Lipinski definition) is 9. The number of benzene rings is 7. The Bertz CT molecular complexity index is 6220. The molecular formula is C89H103N18O21P3. The van der Waals surface area contributed by atoms with Crippen LogP contribution in [0, 0.1) is 26.7 Å². The molecule has 0 bridgehead atoms. The van der Waals surface area contributed by atoms with Crippen molar-refractivity contribution in [3.8, 4) is 17.2 Å². The normalized spacial score (nSPS) is 20.5. The molecule has 13 aromatic rings. The van der Waals surface area contributed by atoms with Gasteiger partial charge in [0.05, 0.1) is 44.9 Å². The fourth-order valence-corrected chi connectivity index (χ4v) is 20.1. The summed E-state index contributed by atoms with van der Waals surface area (Å²) in [6.07, 6.45) is -2.64. The van der Waals surface area contributed by atoms with Crippen molar-refractivity contribution >= 4 is 103 Å². The lowest BCUT2D eigenvalue weighted by atomic mass is 10.1. The van der Waals surface area contributed by atoms with E-state index in [4.69, 9.17) is 72.8 Å². The highest BCUT2D eigenvalue weighted by molar-refractivity contribution is 7.52. The van der Waals surface area contributed by atoms with E-state index in [1.807, 2.05) is 121 Å². The minimum Gasteiger partial charge on any atom is -0.462 e. The molecule has 42 heteroatoms. The Hall–Kier alpha value is -12.1. The van der Waals surface area contributed by atoms with Crippen LogP contribution in [0.1, 0.15) is 107 Å². The molecule has 3 fully saturated rings. The van der Waals surface area contributed by atoms with E-state index in [2.05, 4.69) is 60.1 Å². The standard InChI is InChI=1S/C37H37N6O7P.C29H35N6O7P.C23H31N6O7P/c1-24-40-35(38)34-36(41-24)43(23-39-34)33-20-31(32(21-44)48-33)50-51(46,49-30-18-10-16-27-15-8-9-17-28(27)30)42-29(19-25-11-4-2-5-12-25)37(45)47-22-26-13-6-3-7-14-26;1-18(2)25(29(37)39-16-20-10-6-4-7-11-20)34-43(38,41-21-12-8-5-9-13-21)42-22-14-24(40-23(22)15-36)35-17-31-26-27(30)32-19(3)33-28(26)35;1-13(2)33-23(31)14(3)28-37(32,35-16-8-6-5-7-9-16)36-17-10-19(34-18(17)11-30)29-12-25-20-21(24)26-15(4)27-22(20)29/h2-18,23,29,31-33,44H,19-22H2,1H3,(H,42,46)(H2,38,40,41);4-13,17-18,22-25,36H,14-16H2,1-3H3,(H,34,38)(H2,30,32,33);5-9,12-14,17-19,30H,10-11H2,1-4H3,(H,28,32)(H2,24,26,27)/t29-,31+,32+,33+,51?;22-,23-,24-,25+,43?;14-,17+,18+,19+,37?/m010/s1. The number of fused-ring (bicyclic) bond motifs is 4. The topological polar surface area (TPSA) is 519 Å². The number of aryl methyl sites for hydroxylation is 3. The second-order valence-electron chi connectivity index (χ2n) is 31.6. The van der Waals surface area contributed by atoms with Crippen LogP contribution in [0.2, 0.25) is 0 Å². The summed E-state index contributed by atoms with van der Waals surface area (Å²) in [6.45, 7) is 12.4. The van der Waals surface area contributed by atoms with Gasteiger partial charge >= 0.3 is 41.1 Å². The quantitative estimate of drug-likeness (QED) is 0.0101. The SMILES string of the molecule is Cc1nc(N)c2ncn([C@H]3C[C@@H](OP(=O)(N[C@@H](C)C(=O)OC(C)C)Oc4ccccc4)[C@@H](CO)O3)c2n1.Cc1nc(N)c2ncn([C@H]3C[C@@H](OP(=O)(N[C@@H](Cc4ccccc4)C(=O)OCc4ccccc4)Oc4cccc5ccccc45)[C@@H](CO)O3)c2n1.Cc1nc(N)c2ncn([C@H]3C[C@@H](OP(=O)(N[C@H](C(=O)OCc4ccccc4)C(C)C)Oc4ccccc4)[C@@H](CO)O3)c2n1. The van der Waals surface area contributed by atoms with E-state index in [1.54, 1.807) is 135 Å². The highest BCUT2D eigenvalue weighted by Crippen LogP contribution is 2.54. The number of aliphatic hydroxyl groups is 3. The van der Waals surface area contributed by atoms with Gasteiger partial charge in [0.25, 0.3) is 0 Å². The van der Waals surface area contributed by atoms with Crippen LogP contribution in [0.3, 0.4) is 0 Å². The number of esters is 3. The number of imidazole rings is 3. The fourth-order valence-electron chi connectivity index (χ4n) is 14.8. The third-order valence-corrected chi connectivity index (χ3v) is 25.9. The predicted octanol–water partition coefficient (Wildman–Crippen LogP) is 12.1. The number of aromatic nitrogens is 12. The van der Waals surface area contributed by atoms with Crippen LogP contribution in [-0.2, 0) is 89.7 Å². The molecule has 3 aliphatic rings. The van der Waals surface area contributed by atoms with E-state index in [0.717, 1.165) is 22.1 Å². The number of aliphatic hydroxyl groups excluding tert-OH is 3. The molecule has 7 aromatic carbocycles. The van der Waals surface area contributed by atoms with Gasteiger partial charge in [0.15, 0.2) is 34.4 Å². The summed E-state index contributed by atoms with van der Waals surface area (Å²) in [6, 6.07) is 54.4. The molecule has 3 aliphatic heterocycles. The molecule has 16 rings (SSSR count). The second-order valence-corrected chi connectivity index (χ2v) is 36.6. The number of nitrogens with zero attached hydrogens (tertiary/aromatic N) is 12. The summed E-state index contributed by atoms with van der Waals surface area (Å²) in [5, 5.41) is 40.6. The summed E-state index contributed by atoms with van der Waals surface area (Å²) in [5.74, 6) is 0.642. The average molecular weight is 1850 g/mol. The summed E-state index contributed by atoms with van der Waals surface area (Å²) in [5.41, 5.74) is 23.1. The first kappa shape index (κ1) is 95.0. The number of carbonyl (C=O) groups excluding carboxylic acids is 3. The summed E-state index contributed by atoms with van der Waals surface area (Å²) in [4.78, 5) is 78.2. The number of nitrogens with one attached hydrogen (secondary N) is 3. The summed E-state index contributed by atoms with van der Waals surface area (Å²) >= 11 is 0. The van der Waals surface area contributed by atoms with Crippen molar-refractivity contribution < 1.29 is 99.0 Å². The van der Waals surface area contributed by atoms with E-state index in [0.29, 0.717) is 56.4 Å². The Labute approximate surface area is 753 Å². The monoisotopic (exact) mass is 1850 g/mol. The van der Waals surface area contributed by atoms with E-state index in [-0.39, 0.29) is 85.6 Å². The lowest BCUT2D eigenvalue weighted by molar-refractivity contribution is -0.149. The van der Waals surface area contributed by atoms with Crippen LogP contribution >= 0.6 is 23.2 Å². The van der Waals surface area contributed by atoms with Gasteiger partial charge in [-0.15, -0.1) is 0 Å². The van der Waals surface area contributed by atoms with Gasteiger partial charge < -0.3 is 74.5 Å². The second kappa shape index (κ2) is 42.8. The Kier molecular flexibility index (Phi) is 31.1. The van der Waals surface area contributed by atoms with Gasteiger partial charge in [-0.25, -0.2) is 58.6 Å². The number of nitrogen functional groups attached to an aromatic ring is 3. The molecule has 15 atom stereocenters. The summed E-state index contributed by atoms with van der Waals surface area (Å²) in [7, 11) is -12.9. The lowest BCUT2D eigenvalue weighted by Gasteiger charge is -2.29. The Morgan fingerprint density at radius 1 is 0.443 bits per heavy atom. The number of ether oxygens (including phenoxy) is 6. The van der Waals surface area contributed by atoms with Crippen LogP contribution in [0.4, 0.5) is 17.5 Å². The van der Waals surface area contributed by atoms with Crippen LogP contribution in [0.15, 0.2) is 213 Å². The number of nitrogens with two attached hydrogens (primary N) is 3. The highest BCUT2D eigenvalue weighted by Gasteiger charge is 2.49. The van der Waals surface area contributed by atoms with Crippen molar-refractivity contribution in [2.24, 2.45) is 5.92 Å². The molecule has 6 aromatic heterocycles. The maximum absolute atomic E-state index is 15.2. The van der Waals surface area contributed by atoms with Gasteiger partial charge in [0, 0.05) is 24.6 Å². The van der Waals surface area contributed by atoms with E-state index >= 15 is 4.57 Å². The Morgan fingerprint density at radius 3 is 1.21 bits per heavy atom. The van der Waals surface area contributed by atoms with Gasteiger partial charge in [-0.05, 0) is 106 Å². The third-order valence-electron chi connectivity index (χ3n) is 21.0. The molecule has 12 N–H and O–H groups in total. The highest BCUT2D eigenvalue weighted by atomic mass is 31.2. The smallest absolute Gasteiger partial charge is 0.459 e.